The highest BCUT2D eigenvalue weighted by atomic mass is 19.1. The predicted octanol–water partition coefficient (Wildman–Crippen LogP) is 4.80. The first-order chi connectivity index (χ1) is 15.1. The summed E-state index contributed by atoms with van der Waals surface area (Å²) in [5.41, 5.74) is 10.3. The van der Waals surface area contributed by atoms with E-state index in [2.05, 4.69) is 40.5 Å². The van der Waals surface area contributed by atoms with Crippen LogP contribution in [0.25, 0.3) is 0 Å². The third-order valence-electron chi connectivity index (χ3n) is 5.95. The van der Waals surface area contributed by atoms with Crippen molar-refractivity contribution in [1.82, 2.24) is 5.32 Å². The average molecular weight is 418 g/mol. The standard InChI is InChI=1S/C26H28FN3O/c27-22-8-6-21(7-9-22)18-29-26(31)24-17-23(28)10-11-25(24)30-14-12-20(13-15-30)16-19-4-2-1-3-5-19/h1-11,17,20H,12-16,18,28H2,(H,29,31). The molecule has 1 amide bonds. The lowest BCUT2D eigenvalue weighted by atomic mass is 9.89. The fourth-order valence-electron chi connectivity index (χ4n) is 4.22. The van der Waals surface area contributed by atoms with E-state index in [1.807, 2.05) is 12.1 Å². The summed E-state index contributed by atoms with van der Waals surface area (Å²) in [6.07, 6.45) is 3.28. The average Bonchev–Trinajstić information content (AvgIpc) is 2.80. The minimum Gasteiger partial charge on any atom is -0.399 e. The van der Waals surface area contributed by atoms with Crippen molar-refractivity contribution in [2.24, 2.45) is 5.92 Å². The van der Waals surface area contributed by atoms with Gasteiger partial charge in [0.05, 0.1) is 5.56 Å². The lowest BCUT2D eigenvalue weighted by Gasteiger charge is -2.34. The Labute approximate surface area is 182 Å². The Hall–Kier alpha value is -3.34. The Morgan fingerprint density at radius 3 is 2.39 bits per heavy atom. The molecular weight excluding hydrogens is 389 g/mol. The number of nitrogens with zero attached hydrogens (tertiary/aromatic N) is 1. The van der Waals surface area contributed by atoms with Gasteiger partial charge in [-0.1, -0.05) is 42.5 Å². The number of nitrogen functional groups attached to an aromatic ring is 1. The molecular formula is C26H28FN3O. The third-order valence-corrected chi connectivity index (χ3v) is 5.95. The van der Waals surface area contributed by atoms with E-state index in [4.69, 9.17) is 5.73 Å². The molecule has 3 aromatic rings. The second kappa shape index (κ2) is 9.65. The van der Waals surface area contributed by atoms with Gasteiger partial charge in [-0.3, -0.25) is 4.79 Å². The summed E-state index contributed by atoms with van der Waals surface area (Å²) in [4.78, 5) is 15.2. The fourth-order valence-corrected chi connectivity index (χ4v) is 4.22. The van der Waals surface area contributed by atoms with Crippen molar-refractivity contribution in [3.8, 4) is 0 Å². The van der Waals surface area contributed by atoms with Crippen molar-refractivity contribution in [2.45, 2.75) is 25.8 Å². The molecule has 0 aliphatic carbocycles. The Balaban J connectivity index is 1.41. The number of anilines is 2. The first kappa shape index (κ1) is 20.9. The van der Waals surface area contributed by atoms with E-state index >= 15 is 0 Å². The minimum absolute atomic E-state index is 0.168. The van der Waals surface area contributed by atoms with Gasteiger partial charge in [-0.2, -0.15) is 0 Å². The van der Waals surface area contributed by atoms with Crippen molar-refractivity contribution in [3.63, 3.8) is 0 Å². The first-order valence-corrected chi connectivity index (χ1v) is 10.8. The highest BCUT2D eigenvalue weighted by molar-refractivity contribution is 6.00. The molecule has 1 aliphatic rings. The van der Waals surface area contributed by atoms with Crippen molar-refractivity contribution in [3.05, 3.63) is 95.3 Å². The maximum Gasteiger partial charge on any atom is 0.253 e. The van der Waals surface area contributed by atoms with Gasteiger partial charge >= 0.3 is 0 Å². The molecule has 3 N–H and O–H groups in total. The van der Waals surface area contributed by atoms with E-state index < -0.39 is 0 Å². The molecule has 0 unspecified atom stereocenters. The van der Waals surface area contributed by atoms with Crippen LogP contribution in [0.4, 0.5) is 15.8 Å². The smallest absolute Gasteiger partial charge is 0.253 e. The number of nitrogens with one attached hydrogen (secondary N) is 1. The monoisotopic (exact) mass is 417 g/mol. The van der Waals surface area contributed by atoms with Crippen LogP contribution in [0.1, 0.15) is 34.3 Å². The quantitative estimate of drug-likeness (QED) is 0.567. The summed E-state index contributed by atoms with van der Waals surface area (Å²) in [5, 5.41) is 2.94. The number of carbonyl (C=O) groups excluding carboxylic acids is 1. The molecule has 0 bridgehead atoms. The molecule has 0 saturated carbocycles. The number of carbonyl (C=O) groups is 1. The molecule has 0 aromatic heterocycles. The Bertz CT molecular complexity index is 1010. The van der Waals surface area contributed by atoms with Gasteiger partial charge in [0.1, 0.15) is 5.82 Å². The van der Waals surface area contributed by atoms with Crippen LogP contribution in [0.5, 0.6) is 0 Å². The van der Waals surface area contributed by atoms with Gasteiger partial charge in [0.25, 0.3) is 5.91 Å². The summed E-state index contributed by atoms with van der Waals surface area (Å²) in [7, 11) is 0. The number of halogens is 1. The van der Waals surface area contributed by atoms with Crippen molar-refractivity contribution < 1.29 is 9.18 Å². The van der Waals surface area contributed by atoms with E-state index in [9.17, 15) is 9.18 Å². The van der Waals surface area contributed by atoms with Crippen LogP contribution in [-0.2, 0) is 13.0 Å². The second-order valence-electron chi connectivity index (χ2n) is 8.21. The number of piperidine rings is 1. The summed E-state index contributed by atoms with van der Waals surface area (Å²) in [6.45, 7) is 2.17. The van der Waals surface area contributed by atoms with Gasteiger partial charge in [0, 0.05) is 31.0 Å². The van der Waals surface area contributed by atoms with Gasteiger partial charge in [-0.15, -0.1) is 0 Å². The van der Waals surface area contributed by atoms with Crippen LogP contribution in [0.2, 0.25) is 0 Å². The zero-order valence-corrected chi connectivity index (χ0v) is 17.6. The maximum atomic E-state index is 13.1. The molecule has 5 heteroatoms. The summed E-state index contributed by atoms with van der Waals surface area (Å²) >= 11 is 0. The van der Waals surface area contributed by atoms with E-state index in [1.54, 1.807) is 18.2 Å². The van der Waals surface area contributed by atoms with Crippen molar-refractivity contribution >= 4 is 17.3 Å². The molecule has 0 radical (unpaired) electrons. The molecule has 1 aliphatic heterocycles. The van der Waals surface area contributed by atoms with Gasteiger partial charge < -0.3 is 16.0 Å². The summed E-state index contributed by atoms with van der Waals surface area (Å²) < 4.78 is 13.1. The lowest BCUT2D eigenvalue weighted by molar-refractivity contribution is 0.0951. The van der Waals surface area contributed by atoms with Crippen molar-refractivity contribution in [1.29, 1.82) is 0 Å². The summed E-state index contributed by atoms with van der Waals surface area (Å²) in [6, 6.07) is 22.3. The predicted molar refractivity (Wildman–Crippen MR) is 124 cm³/mol. The van der Waals surface area contributed by atoms with E-state index in [-0.39, 0.29) is 11.7 Å². The maximum absolute atomic E-state index is 13.1. The van der Waals surface area contributed by atoms with E-state index in [0.717, 1.165) is 43.6 Å². The highest BCUT2D eigenvalue weighted by Crippen LogP contribution is 2.29. The van der Waals surface area contributed by atoms with Gasteiger partial charge in [-0.05, 0) is 66.6 Å². The number of benzene rings is 3. The second-order valence-corrected chi connectivity index (χ2v) is 8.21. The molecule has 3 aromatic carbocycles. The van der Waals surface area contributed by atoms with Crippen LogP contribution in [-0.4, -0.2) is 19.0 Å². The number of rotatable bonds is 6. The van der Waals surface area contributed by atoms with E-state index in [1.165, 1.54) is 17.7 Å². The molecule has 1 heterocycles. The normalized spacial score (nSPS) is 14.4. The zero-order valence-electron chi connectivity index (χ0n) is 17.6. The minimum atomic E-state index is -0.288. The number of hydrogen-bond donors (Lipinski definition) is 2. The number of hydrogen-bond acceptors (Lipinski definition) is 3. The Morgan fingerprint density at radius 1 is 0.968 bits per heavy atom. The molecule has 1 saturated heterocycles. The van der Waals surface area contributed by atoms with Crippen LogP contribution in [0, 0.1) is 11.7 Å². The molecule has 1 fully saturated rings. The van der Waals surface area contributed by atoms with Gasteiger partial charge in [0.2, 0.25) is 0 Å². The molecule has 4 nitrogen and oxygen atoms in total. The molecule has 0 spiro atoms. The van der Waals surface area contributed by atoms with Gasteiger partial charge in [0.15, 0.2) is 0 Å². The molecule has 31 heavy (non-hydrogen) atoms. The highest BCUT2D eigenvalue weighted by Gasteiger charge is 2.23. The van der Waals surface area contributed by atoms with Crippen LogP contribution in [0.15, 0.2) is 72.8 Å². The van der Waals surface area contributed by atoms with Crippen LogP contribution < -0.4 is 16.0 Å². The molecule has 4 rings (SSSR count). The van der Waals surface area contributed by atoms with E-state index in [0.29, 0.717) is 23.7 Å². The molecule has 160 valence electrons. The zero-order chi connectivity index (χ0) is 21.6. The summed E-state index contributed by atoms with van der Waals surface area (Å²) in [5.74, 6) is 0.199. The number of amides is 1. The largest absolute Gasteiger partial charge is 0.399 e. The van der Waals surface area contributed by atoms with Crippen LogP contribution >= 0.6 is 0 Å². The topological polar surface area (TPSA) is 58.4 Å². The van der Waals surface area contributed by atoms with Gasteiger partial charge in [-0.25, -0.2) is 4.39 Å². The third kappa shape index (κ3) is 5.43. The fraction of sp³-hybridized carbons (Fsp3) is 0.269. The lowest BCUT2D eigenvalue weighted by Crippen LogP contribution is -2.36. The van der Waals surface area contributed by atoms with Crippen LogP contribution in [0.3, 0.4) is 0 Å². The SMILES string of the molecule is Nc1ccc(N2CCC(Cc3ccccc3)CC2)c(C(=O)NCc2ccc(F)cc2)c1. The van der Waals surface area contributed by atoms with Crippen molar-refractivity contribution in [2.75, 3.05) is 23.7 Å². The Kier molecular flexibility index (Phi) is 6.51. The number of nitrogens with two attached hydrogens (primary N) is 1. The Morgan fingerprint density at radius 2 is 1.68 bits per heavy atom. The molecule has 0 atom stereocenters. The first-order valence-electron chi connectivity index (χ1n) is 10.8.